The van der Waals surface area contributed by atoms with E-state index >= 15 is 0 Å². The van der Waals surface area contributed by atoms with Gasteiger partial charge in [-0.25, -0.2) is 4.79 Å². The third kappa shape index (κ3) is 2.42. The van der Waals surface area contributed by atoms with Crippen molar-refractivity contribution >= 4 is 32.9 Å². The van der Waals surface area contributed by atoms with E-state index in [0.29, 0.717) is 13.1 Å². The molecule has 106 valence electrons. The highest BCUT2D eigenvalue weighted by Gasteiger charge is 2.25. The SMILES string of the molecule is CC(C)OC(=O)N1CCc2c([nH]c3ccc(Br)cc23)C1. The average Bonchev–Trinajstić information content (AvgIpc) is 2.75. The van der Waals surface area contributed by atoms with Crippen LogP contribution in [0, 0.1) is 0 Å². The number of hydrogen-bond donors (Lipinski definition) is 1. The number of H-pyrrole nitrogens is 1. The minimum absolute atomic E-state index is 0.0810. The van der Waals surface area contributed by atoms with Crippen LogP contribution in [0.4, 0.5) is 4.79 Å². The molecule has 1 amide bonds. The topological polar surface area (TPSA) is 45.3 Å². The second-order valence-electron chi connectivity index (χ2n) is 5.38. The summed E-state index contributed by atoms with van der Waals surface area (Å²) in [4.78, 5) is 17.1. The molecule has 5 heteroatoms. The summed E-state index contributed by atoms with van der Waals surface area (Å²) in [6.07, 6.45) is 0.548. The molecule has 3 rings (SSSR count). The highest BCUT2D eigenvalue weighted by molar-refractivity contribution is 9.10. The zero-order valence-electron chi connectivity index (χ0n) is 11.6. The van der Waals surface area contributed by atoms with Crippen molar-refractivity contribution in [3.8, 4) is 0 Å². The smallest absolute Gasteiger partial charge is 0.410 e. The number of amides is 1. The van der Waals surface area contributed by atoms with E-state index in [1.807, 2.05) is 19.9 Å². The molecule has 4 nitrogen and oxygen atoms in total. The molecule has 0 aliphatic carbocycles. The number of nitrogens with one attached hydrogen (secondary N) is 1. The molecule has 1 aromatic heterocycles. The molecule has 2 heterocycles. The zero-order chi connectivity index (χ0) is 14.3. The number of carbonyl (C=O) groups is 1. The van der Waals surface area contributed by atoms with Gasteiger partial charge < -0.3 is 14.6 Å². The van der Waals surface area contributed by atoms with Gasteiger partial charge in [0.2, 0.25) is 0 Å². The van der Waals surface area contributed by atoms with Gasteiger partial charge in [0.15, 0.2) is 0 Å². The number of aromatic nitrogens is 1. The Morgan fingerprint density at radius 1 is 1.45 bits per heavy atom. The predicted octanol–water partition coefficient (Wildman–Crippen LogP) is 3.83. The van der Waals surface area contributed by atoms with Crippen molar-refractivity contribution in [1.29, 1.82) is 0 Å². The molecular formula is C15H17BrN2O2. The number of ether oxygens (including phenoxy) is 1. The molecule has 1 aliphatic rings. The fourth-order valence-corrected chi connectivity index (χ4v) is 3.01. The van der Waals surface area contributed by atoms with Crippen LogP contribution in [-0.4, -0.2) is 28.6 Å². The maximum Gasteiger partial charge on any atom is 0.410 e. The molecule has 2 aromatic rings. The fourth-order valence-electron chi connectivity index (χ4n) is 2.64. The van der Waals surface area contributed by atoms with Crippen LogP contribution in [0.25, 0.3) is 10.9 Å². The highest BCUT2D eigenvalue weighted by atomic mass is 79.9. The quantitative estimate of drug-likeness (QED) is 0.859. The van der Waals surface area contributed by atoms with Crippen molar-refractivity contribution in [2.24, 2.45) is 0 Å². The third-order valence-corrected chi connectivity index (χ3v) is 4.03. The molecule has 0 saturated carbocycles. The Bertz CT molecular complexity index is 663. The van der Waals surface area contributed by atoms with Gasteiger partial charge in [0.1, 0.15) is 0 Å². The normalized spacial score (nSPS) is 14.7. The van der Waals surface area contributed by atoms with Gasteiger partial charge in [0.05, 0.1) is 12.6 Å². The van der Waals surface area contributed by atoms with E-state index in [0.717, 1.165) is 22.1 Å². The lowest BCUT2D eigenvalue weighted by atomic mass is 10.0. The lowest BCUT2D eigenvalue weighted by Crippen LogP contribution is -2.37. The molecule has 1 aromatic carbocycles. The molecule has 0 saturated heterocycles. The molecule has 1 N–H and O–H groups in total. The van der Waals surface area contributed by atoms with Gasteiger partial charge in [0, 0.05) is 27.6 Å². The Labute approximate surface area is 126 Å². The maximum atomic E-state index is 12.0. The summed E-state index contributed by atoms with van der Waals surface area (Å²) in [5, 5.41) is 1.24. The Hall–Kier alpha value is -1.49. The summed E-state index contributed by atoms with van der Waals surface area (Å²) in [6, 6.07) is 6.22. The standard InChI is InChI=1S/C15H17BrN2O2/c1-9(2)20-15(19)18-6-5-11-12-7-10(16)3-4-13(12)17-14(11)8-18/h3-4,7,9,17H,5-6,8H2,1-2H3. The van der Waals surface area contributed by atoms with Crippen LogP contribution >= 0.6 is 15.9 Å². The second-order valence-corrected chi connectivity index (χ2v) is 6.29. The Balaban J connectivity index is 1.88. The number of rotatable bonds is 1. The summed E-state index contributed by atoms with van der Waals surface area (Å²) >= 11 is 3.51. The monoisotopic (exact) mass is 336 g/mol. The van der Waals surface area contributed by atoms with Crippen molar-refractivity contribution in [3.63, 3.8) is 0 Å². The molecule has 0 bridgehead atoms. The van der Waals surface area contributed by atoms with Crippen LogP contribution < -0.4 is 0 Å². The summed E-state index contributed by atoms with van der Waals surface area (Å²) in [6.45, 7) is 5.03. The van der Waals surface area contributed by atoms with Crippen LogP contribution in [0.1, 0.15) is 25.1 Å². The zero-order valence-corrected chi connectivity index (χ0v) is 13.2. The molecule has 20 heavy (non-hydrogen) atoms. The van der Waals surface area contributed by atoms with Crippen molar-refractivity contribution < 1.29 is 9.53 Å². The number of fused-ring (bicyclic) bond motifs is 3. The maximum absolute atomic E-state index is 12.0. The molecule has 0 unspecified atom stereocenters. The summed E-state index contributed by atoms with van der Waals surface area (Å²) in [7, 11) is 0. The van der Waals surface area contributed by atoms with Crippen molar-refractivity contribution in [3.05, 3.63) is 33.9 Å². The van der Waals surface area contributed by atoms with Crippen molar-refractivity contribution in [2.75, 3.05) is 6.54 Å². The van der Waals surface area contributed by atoms with E-state index < -0.39 is 0 Å². The van der Waals surface area contributed by atoms with E-state index in [2.05, 4.69) is 33.0 Å². The van der Waals surface area contributed by atoms with Crippen molar-refractivity contribution in [2.45, 2.75) is 32.9 Å². The van der Waals surface area contributed by atoms with Gasteiger partial charge in [0.25, 0.3) is 0 Å². The summed E-state index contributed by atoms with van der Waals surface area (Å²) in [5.41, 5.74) is 3.55. The predicted molar refractivity (Wildman–Crippen MR) is 81.7 cm³/mol. The number of nitrogens with zero attached hydrogens (tertiary/aromatic N) is 1. The Morgan fingerprint density at radius 2 is 2.25 bits per heavy atom. The first-order valence-electron chi connectivity index (χ1n) is 6.79. The molecule has 0 radical (unpaired) electrons. The number of hydrogen-bond acceptors (Lipinski definition) is 2. The molecule has 1 aliphatic heterocycles. The van der Waals surface area contributed by atoms with E-state index in [9.17, 15) is 4.79 Å². The molecular weight excluding hydrogens is 320 g/mol. The highest BCUT2D eigenvalue weighted by Crippen LogP contribution is 2.29. The fraction of sp³-hybridized carbons (Fsp3) is 0.400. The van der Waals surface area contributed by atoms with Crippen LogP contribution in [0.5, 0.6) is 0 Å². The van der Waals surface area contributed by atoms with E-state index in [1.54, 1.807) is 4.90 Å². The first kappa shape index (κ1) is 13.5. The number of benzene rings is 1. The molecule has 0 spiro atoms. The largest absolute Gasteiger partial charge is 0.447 e. The first-order valence-corrected chi connectivity index (χ1v) is 7.58. The summed E-state index contributed by atoms with van der Waals surface area (Å²) < 4.78 is 6.34. The van der Waals surface area contributed by atoms with Crippen LogP contribution in [0.15, 0.2) is 22.7 Å². The van der Waals surface area contributed by atoms with E-state index in [1.165, 1.54) is 10.9 Å². The van der Waals surface area contributed by atoms with Crippen LogP contribution in [-0.2, 0) is 17.7 Å². The number of aromatic amines is 1. The van der Waals surface area contributed by atoms with Gasteiger partial charge in [-0.3, -0.25) is 0 Å². The Kier molecular flexibility index (Phi) is 3.46. The van der Waals surface area contributed by atoms with E-state index in [4.69, 9.17) is 4.74 Å². The van der Waals surface area contributed by atoms with Gasteiger partial charge in [-0.1, -0.05) is 15.9 Å². The third-order valence-electron chi connectivity index (χ3n) is 3.53. The summed E-state index contributed by atoms with van der Waals surface area (Å²) in [5.74, 6) is 0. The lowest BCUT2D eigenvalue weighted by Gasteiger charge is -2.27. The van der Waals surface area contributed by atoms with Crippen LogP contribution in [0.3, 0.4) is 0 Å². The van der Waals surface area contributed by atoms with Gasteiger partial charge in [-0.05, 0) is 44.0 Å². The molecule has 0 fully saturated rings. The van der Waals surface area contributed by atoms with E-state index in [-0.39, 0.29) is 12.2 Å². The van der Waals surface area contributed by atoms with Crippen LogP contribution in [0.2, 0.25) is 0 Å². The van der Waals surface area contributed by atoms with Crippen molar-refractivity contribution in [1.82, 2.24) is 9.88 Å². The van der Waals surface area contributed by atoms with Gasteiger partial charge >= 0.3 is 6.09 Å². The first-order chi connectivity index (χ1) is 9.54. The minimum atomic E-state index is -0.231. The van der Waals surface area contributed by atoms with Gasteiger partial charge in [-0.15, -0.1) is 0 Å². The van der Waals surface area contributed by atoms with Gasteiger partial charge in [-0.2, -0.15) is 0 Å². The average molecular weight is 337 g/mol. The molecule has 0 atom stereocenters. The Morgan fingerprint density at radius 3 is 3.00 bits per heavy atom. The second kappa shape index (κ2) is 5.13. The minimum Gasteiger partial charge on any atom is -0.447 e. The lowest BCUT2D eigenvalue weighted by molar-refractivity contribution is 0.0727. The number of carbonyl (C=O) groups excluding carboxylic acids is 1. The number of halogens is 1.